The molecular formula is C21H20N4O3S. The first-order valence-electron chi connectivity index (χ1n) is 9.33. The molecule has 4 rings (SSSR count). The third-order valence-corrected chi connectivity index (χ3v) is 5.88. The van der Waals surface area contributed by atoms with Crippen molar-refractivity contribution < 1.29 is 4.74 Å². The molecule has 0 radical (unpaired) electrons. The van der Waals surface area contributed by atoms with Crippen molar-refractivity contribution in [2.24, 2.45) is 5.18 Å². The Kier molecular flexibility index (Phi) is 5.53. The van der Waals surface area contributed by atoms with Gasteiger partial charge in [0.25, 0.3) is 5.56 Å². The predicted octanol–water partition coefficient (Wildman–Crippen LogP) is 4.57. The molecule has 3 heterocycles. The van der Waals surface area contributed by atoms with E-state index in [9.17, 15) is 9.70 Å². The Labute approximate surface area is 170 Å². The molecule has 0 atom stereocenters. The Bertz CT molecular complexity index is 1210. The molecule has 4 aromatic rings. The summed E-state index contributed by atoms with van der Waals surface area (Å²) in [5.74, 6) is 0.744. The van der Waals surface area contributed by atoms with Crippen LogP contribution in [-0.2, 0) is 0 Å². The van der Waals surface area contributed by atoms with Gasteiger partial charge in [0, 0.05) is 41.1 Å². The number of unbranched alkanes of at least 4 members (excludes halogenated alkanes) is 1. The van der Waals surface area contributed by atoms with Crippen LogP contribution in [0.2, 0.25) is 0 Å². The maximum atomic E-state index is 13.2. The first kappa shape index (κ1) is 19.1. The number of rotatable bonds is 8. The molecule has 0 aliphatic carbocycles. The van der Waals surface area contributed by atoms with Gasteiger partial charge in [0.2, 0.25) is 0 Å². The number of pyridine rings is 2. The van der Waals surface area contributed by atoms with E-state index in [-0.39, 0.29) is 5.56 Å². The van der Waals surface area contributed by atoms with Gasteiger partial charge in [-0.15, -0.1) is 11.3 Å². The zero-order chi connectivity index (χ0) is 20.2. The van der Waals surface area contributed by atoms with Crippen molar-refractivity contribution in [1.29, 1.82) is 0 Å². The van der Waals surface area contributed by atoms with Crippen LogP contribution in [0.1, 0.15) is 12.8 Å². The number of hydrogen-bond donors (Lipinski definition) is 1. The van der Waals surface area contributed by atoms with Crippen LogP contribution in [-0.4, -0.2) is 29.8 Å². The molecule has 7 nitrogen and oxygen atoms in total. The van der Waals surface area contributed by atoms with Crippen LogP contribution in [0.3, 0.4) is 0 Å². The Balaban J connectivity index is 1.73. The standard InChI is InChI=1S/C21H20N4O3S/c1-28-15-6-4-14(5-7-15)25-13-9-16-18-17(22-10-2-3-11-24-27)8-12-23-20(18)29-19(16)21(25)26/h4-9,12-13H,2-3,10-11H2,1H3,(H,22,23). The maximum Gasteiger partial charge on any atom is 0.273 e. The van der Waals surface area contributed by atoms with Crippen molar-refractivity contribution in [1.82, 2.24) is 9.55 Å². The van der Waals surface area contributed by atoms with Crippen LogP contribution in [0.25, 0.3) is 26.0 Å². The molecule has 0 aliphatic rings. The highest BCUT2D eigenvalue weighted by atomic mass is 32.1. The monoisotopic (exact) mass is 408 g/mol. The molecule has 0 bridgehead atoms. The molecule has 148 valence electrons. The number of benzene rings is 1. The molecule has 29 heavy (non-hydrogen) atoms. The lowest BCUT2D eigenvalue weighted by Crippen LogP contribution is -2.16. The molecule has 3 aromatic heterocycles. The summed E-state index contributed by atoms with van der Waals surface area (Å²) in [6.45, 7) is 1.06. The minimum absolute atomic E-state index is 0.0707. The predicted molar refractivity (Wildman–Crippen MR) is 118 cm³/mol. The molecule has 0 fully saturated rings. The molecule has 0 spiro atoms. The number of thiophene rings is 1. The highest BCUT2D eigenvalue weighted by Crippen LogP contribution is 2.35. The van der Waals surface area contributed by atoms with E-state index in [4.69, 9.17) is 4.74 Å². The van der Waals surface area contributed by atoms with Gasteiger partial charge >= 0.3 is 0 Å². The zero-order valence-electron chi connectivity index (χ0n) is 15.9. The number of ether oxygens (including phenoxy) is 1. The van der Waals surface area contributed by atoms with Gasteiger partial charge < -0.3 is 10.1 Å². The molecule has 8 heteroatoms. The zero-order valence-corrected chi connectivity index (χ0v) is 16.7. The molecular weight excluding hydrogens is 388 g/mol. The van der Waals surface area contributed by atoms with E-state index < -0.39 is 0 Å². The van der Waals surface area contributed by atoms with Crippen molar-refractivity contribution in [3.8, 4) is 11.4 Å². The summed E-state index contributed by atoms with van der Waals surface area (Å²) in [6.07, 6.45) is 5.14. The summed E-state index contributed by atoms with van der Waals surface area (Å²) in [5, 5.41) is 8.14. The largest absolute Gasteiger partial charge is 0.497 e. The fourth-order valence-corrected chi connectivity index (χ4v) is 4.40. The van der Waals surface area contributed by atoms with Crippen molar-refractivity contribution in [3.63, 3.8) is 0 Å². The Morgan fingerprint density at radius 3 is 2.76 bits per heavy atom. The summed E-state index contributed by atoms with van der Waals surface area (Å²) >= 11 is 1.40. The van der Waals surface area contributed by atoms with Crippen molar-refractivity contribution in [3.05, 3.63) is 64.1 Å². The molecule has 1 aromatic carbocycles. The summed E-state index contributed by atoms with van der Waals surface area (Å²) in [7, 11) is 1.61. The number of methoxy groups -OCH3 is 1. The second kappa shape index (κ2) is 8.40. The van der Waals surface area contributed by atoms with Crippen LogP contribution < -0.4 is 15.6 Å². The van der Waals surface area contributed by atoms with E-state index in [0.717, 1.165) is 52.1 Å². The summed E-state index contributed by atoms with van der Waals surface area (Å²) < 4.78 is 7.50. The molecule has 0 aliphatic heterocycles. The van der Waals surface area contributed by atoms with Gasteiger partial charge in [-0.3, -0.25) is 9.36 Å². The third-order valence-electron chi connectivity index (χ3n) is 4.77. The number of aromatic nitrogens is 2. The van der Waals surface area contributed by atoms with Gasteiger partial charge in [-0.05, 0) is 49.2 Å². The number of nitrogens with zero attached hydrogens (tertiary/aromatic N) is 3. The normalized spacial score (nSPS) is 11.1. The van der Waals surface area contributed by atoms with Gasteiger partial charge in [-0.1, -0.05) is 5.18 Å². The maximum absolute atomic E-state index is 13.2. The molecule has 0 saturated heterocycles. The van der Waals surface area contributed by atoms with Crippen LogP contribution in [0, 0.1) is 4.91 Å². The van der Waals surface area contributed by atoms with Crippen molar-refractivity contribution >= 4 is 37.3 Å². The molecule has 0 saturated carbocycles. The lowest BCUT2D eigenvalue weighted by molar-refractivity contribution is 0.414. The number of nitroso groups, excluding NO2 is 1. The van der Waals surface area contributed by atoms with Crippen LogP contribution >= 0.6 is 11.3 Å². The first-order valence-corrected chi connectivity index (χ1v) is 10.1. The van der Waals surface area contributed by atoms with E-state index in [1.807, 2.05) is 36.4 Å². The van der Waals surface area contributed by atoms with Crippen LogP contribution in [0.15, 0.2) is 58.8 Å². The van der Waals surface area contributed by atoms with Crippen LogP contribution in [0.4, 0.5) is 5.69 Å². The Morgan fingerprint density at radius 1 is 1.17 bits per heavy atom. The summed E-state index contributed by atoms with van der Waals surface area (Å²) in [4.78, 5) is 28.6. The third kappa shape index (κ3) is 3.71. The number of anilines is 1. The van der Waals surface area contributed by atoms with E-state index in [0.29, 0.717) is 11.2 Å². The van der Waals surface area contributed by atoms with E-state index in [1.54, 1.807) is 24.1 Å². The van der Waals surface area contributed by atoms with Crippen LogP contribution in [0.5, 0.6) is 5.75 Å². The Hall–Kier alpha value is -3.26. The Morgan fingerprint density at radius 2 is 2.00 bits per heavy atom. The lowest BCUT2D eigenvalue weighted by Gasteiger charge is -2.08. The van der Waals surface area contributed by atoms with Gasteiger partial charge in [0.15, 0.2) is 0 Å². The fourth-order valence-electron chi connectivity index (χ4n) is 3.31. The summed E-state index contributed by atoms with van der Waals surface area (Å²) in [6, 6.07) is 11.3. The van der Waals surface area contributed by atoms with Gasteiger partial charge in [0.05, 0.1) is 13.7 Å². The second-order valence-electron chi connectivity index (χ2n) is 6.56. The highest BCUT2D eigenvalue weighted by Gasteiger charge is 2.14. The number of nitrogens with one attached hydrogen (secondary N) is 1. The van der Waals surface area contributed by atoms with E-state index in [1.165, 1.54) is 11.3 Å². The minimum Gasteiger partial charge on any atom is -0.497 e. The van der Waals surface area contributed by atoms with Crippen molar-refractivity contribution in [2.45, 2.75) is 12.8 Å². The molecule has 0 unspecified atom stereocenters. The van der Waals surface area contributed by atoms with Gasteiger partial charge in [-0.25, -0.2) is 4.98 Å². The second-order valence-corrected chi connectivity index (χ2v) is 7.56. The topological polar surface area (TPSA) is 85.6 Å². The van der Waals surface area contributed by atoms with E-state index in [2.05, 4.69) is 15.5 Å². The smallest absolute Gasteiger partial charge is 0.273 e. The number of fused-ring (bicyclic) bond motifs is 3. The average Bonchev–Trinajstić information content (AvgIpc) is 3.14. The van der Waals surface area contributed by atoms with Crippen molar-refractivity contribution in [2.75, 3.05) is 25.5 Å². The van der Waals surface area contributed by atoms with E-state index >= 15 is 0 Å². The first-order chi connectivity index (χ1) is 14.2. The van der Waals surface area contributed by atoms with Gasteiger partial charge in [-0.2, -0.15) is 4.91 Å². The molecule has 1 N–H and O–H groups in total. The SMILES string of the molecule is COc1ccc(-n2ccc3c(sc4nccc(NCCCCN=O)c43)c2=O)cc1. The number of hydrogen-bond acceptors (Lipinski definition) is 7. The quantitative estimate of drug-likeness (QED) is 0.341. The fraction of sp³-hybridized carbons (Fsp3) is 0.238. The lowest BCUT2D eigenvalue weighted by atomic mass is 10.2. The average molecular weight is 408 g/mol. The van der Waals surface area contributed by atoms with Gasteiger partial charge in [0.1, 0.15) is 15.3 Å². The molecule has 0 amide bonds. The summed E-state index contributed by atoms with van der Waals surface area (Å²) in [5.41, 5.74) is 1.66. The highest BCUT2D eigenvalue weighted by molar-refractivity contribution is 7.25. The minimum atomic E-state index is -0.0707.